The molecule has 1 N–H and O–H groups in total. The number of phenols is 1. The fourth-order valence-electron chi connectivity index (χ4n) is 3.37. The number of carbonyl (C=O) groups excluding carboxylic acids is 2. The maximum Gasteiger partial charge on any atom is 0.281 e. The molecule has 0 radical (unpaired) electrons. The van der Waals surface area contributed by atoms with Gasteiger partial charge in [-0.3, -0.25) is 9.59 Å². The summed E-state index contributed by atoms with van der Waals surface area (Å²) < 4.78 is 0. The van der Waals surface area contributed by atoms with Crippen LogP contribution in [0.15, 0.2) is 66.4 Å². The first-order valence-corrected chi connectivity index (χ1v) is 8.57. The molecule has 4 rings (SSSR count). The first kappa shape index (κ1) is 16.2. The van der Waals surface area contributed by atoms with E-state index in [1.165, 1.54) is 11.0 Å². The molecule has 132 valence electrons. The monoisotopic (exact) mass is 349 g/mol. The topological polar surface area (TPSA) is 64.1 Å². The van der Waals surface area contributed by atoms with Gasteiger partial charge in [-0.25, -0.2) is 4.90 Å². The summed E-state index contributed by atoms with van der Waals surface area (Å²) in [5.41, 5.74) is 2.09. The van der Waals surface area contributed by atoms with Crippen LogP contribution in [0.5, 0.6) is 5.75 Å². The van der Waals surface area contributed by atoms with Crippen LogP contribution in [0.1, 0.15) is 0 Å². The number of nitrogens with zero attached hydrogens (tertiary/aromatic N) is 3. The number of amides is 2. The molecule has 2 amide bonds. The zero-order chi connectivity index (χ0) is 18.1. The lowest BCUT2D eigenvalue weighted by atomic mass is 10.2. The average Bonchev–Trinajstić information content (AvgIpc) is 2.97. The fourth-order valence-corrected chi connectivity index (χ4v) is 3.37. The molecule has 0 aliphatic carbocycles. The van der Waals surface area contributed by atoms with Crippen LogP contribution >= 0.6 is 0 Å². The van der Waals surface area contributed by atoms with E-state index >= 15 is 0 Å². The molecule has 26 heavy (non-hydrogen) atoms. The molecule has 6 heteroatoms. The Morgan fingerprint density at radius 1 is 0.731 bits per heavy atom. The third-order valence-corrected chi connectivity index (χ3v) is 4.75. The number of piperazine rings is 1. The Kier molecular flexibility index (Phi) is 4.08. The van der Waals surface area contributed by atoms with Gasteiger partial charge in [-0.15, -0.1) is 0 Å². The first-order chi connectivity index (χ1) is 12.6. The summed E-state index contributed by atoms with van der Waals surface area (Å²) in [6.07, 6.45) is 1.44. The highest BCUT2D eigenvalue weighted by molar-refractivity contribution is 6.30. The summed E-state index contributed by atoms with van der Waals surface area (Å²) in [6.45, 7) is 2.81. The highest BCUT2D eigenvalue weighted by Crippen LogP contribution is 2.26. The Morgan fingerprint density at radius 2 is 1.35 bits per heavy atom. The van der Waals surface area contributed by atoms with Crippen molar-refractivity contribution in [3.8, 4) is 5.75 Å². The molecule has 0 atom stereocenters. The maximum absolute atomic E-state index is 12.8. The van der Waals surface area contributed by atoms with E-state index in [1.54, 1.807) is 24.3 Å². The van der Waals surface area contributed by atoms with E-state index in [4.69, 9.17) is 0 Å². The van der Waals surface area contributed by atoms with Crippen LogP contribution < -0.4 is 9.80 Å². The quantitative estimate of drug-likeness (QED) is 0.859. The Morgan fingerprint density at radius 3 is 2.00 bits per heavy atom. The van der Waals surface area contributed by atoms with Gasteiger partial charge in [0.25, 0.3) is 11.8 Å². The van der Waals surface area contributed by atoms with Crippen molar-refractivity contribution in [1.29, 1.82) is 0 Å². The Labute approximate surface area is 151 Å². The molecule has 0 bridgehead atoms. The van der Waals surface area contributed by atoms with Crippen molar-refractivity contribution in [2.75, 3.05) is 36.0 Å². The van der Waals surface area contributed by atoms with Gasteiger partial charge in [0.05, 0.1) is 5.69 Å². The highest BCUT2D eigenvalue weighted by Gasteiger charge is 2.36. The van der Waals surface area contributed by atoms with E-state index in [9.17, 15) is 14.7 Å². The first-order valence-electron chi connectivity index (χ1n) is 8.57. The Balaban J connectivity index is 1.45. The van der Waals surface area contributed by atoms with E-state index in [0.29, 0.717) is 24.5 Å². The van der Waals surface area contributed by atoms with Gasteiger partial charge >= 0.3 is 0 Å². The minimum Gasteiger partial charge on any atom is -0.508 e. The number of para-hydroxylation sites is 1. The van der Waals surface area contributed by atoms with Crippen molar-refractivity contribution in [2.45, 2.75) is 0 Å². The van der Waals surface area contributed by atoms with Crippen LogP contribution in [0.4, 0.5) is 11.4 Å². The van der Waals surface area contributed by atoms with Gasteiger partial charge in [0.2, 0.25) is 0 Å². The van der Waals surface area contributed by atoms with E-state index in [2.05, 4.69) is 4.90 Å². The minimum absolute atomic E-state index is 0.244. The Hall–Kier alpha value is -3.28. The standard InChI is InChI=1S/C20H19N3O3/c24-17-8-6-15(7-9-17)21-10-12-22(13-11-21)18-14-19(25)23(20(18)26)16-4-2-1-3-5-16/h1-9,14,24H,10-13H2. The molecule has 0 aromatic heterocycles. The van der Waals surface area contributed by atoms with E-state index < -0.39 is 0 Å². The van der Waals surface area contributed by atoms with Crippen LogP contribution in [-0.4, -0.2) is 48.0 Å². The molecule has 2 aliphatic rings. The molecule has 1 saturated heterocycles. The molecule has 0 spiro atoms. The van der Waals surface area contributed by atoms with Crippen LogP contribution in [0.2, 0.25) is 0 Å². The summed E-state index contributed by atoms with van der Waals surface area (Å²) in [7, 11) is 0. The molecular weight excluding hydrogens is 330 g/mol. The van der Waals surface area contributed by atoms with Crippen molar-refractivity contribution in [1.82, 2.24) is 4.90 Å². The van der Waals surface area contributed by atoms with E-state index in [1.807, 2.05) is 35.2 Å². The van der Waals surface area contributed by atoms with Crippen molar-refractivity contribution in [3.63, 3.8) is 0 Å². The number of carbonyl (C=O) groups is 2. The third-order valence-electron chi connectivity index (χ3n) is 4.75. The molecule has 2 aromatic carbocycles. The highest BCUT2D eigenvalue weighted by atomic mass is 16.3. The molecule has 2 aliphatic heterocycles. The number of anilines is 2. The van der Waals surface area contributed by atoms with Gasteiger partial charge in [0.1, 0.15) is 11.4 Å². The molecule has 0 unspecified atom stereocenters. The predicted molar refractivity (Wildman–Crippen MR) is 98.9 cm³/mol. The third kappa shape index (κ3) is 2.90. The molecule has 0 saturated carbocycles. The second kappa shape index (κ2) is 6.55. The van der Waals surface area contributed by atoms with Crippen molar-refractivity contribution in [2.24, 2.45) is 0 Å². The van der Waals surface area contributed by atoms with E-state index in [0.717, 1.165) is 18.8 Å². The molecular formula is C20H19N3O3. The second-order valence-electron chi connectivity index (χ2n) is 6.33. The van der Waals surface area contributed by atoms with Crippen molar-refractivity contribution < 1.29 is 14.7 Å². The fraction of sp³-hybridized carbons (Fsp3) is 0.200. The molecule has 2 heterocycles. The van der Waals surface area contributed by atoms with Crippen LogP contribution in [0.25, 0.3) is 0 Å². The molecule has 2 aromatic rings. The van der Waals surface area contributed by atoms with Crippen molar-refractivity contribution in [3.05, 3.63) is 66.4 Å². The van der Waals surface area contributed by atoms with Crippen LogP contribution in [-0.2, 0) is 9.59 Å². The normalized spacial score (nSPS) is 17.7. The number of imide groups is 1. The smallest absolute Gasteiger partial charge is 0.281 e. The zero-order valence-corrected chi connectivity index (χ0v) is 14.2. The number of phenolic OH excluding ortho intramolecular Hbond substituents is 1. The summed E-state index contributed by atoms with van der Waals surface area (Å²) in [6, 6.07) is 16.1. The van der Waals surface area contributed by atoms with Crippen LogP contribution in [0.3, 0.4) is 0 Å². The summed E-state index contributed by atoms with van der Waals surface area (Å²) in [5.74, 6) is -0.315. The Bertz CT molecular complexity index is 854. The predicted octanol–water partition coefficient (Wildman–Crippen LogP) is 1.97. The SMILES string of the molecule is O=C1C=C(N2CCN(c3ccc(O)cc3)CC2)C(=O)N1c1ccccc1. The van der Waals surface area contributed by atoms with Gasteiger partial charge in [0.15, 0.2) is 0 Å². The lowest BCUT2D eigenvalue weighted by Crippen LogP contribution is -2.47. The van der Waals surface area contributed by atoms with Gasteiger partial charge in [-0.1, -0.05) is 18.2 Å². The van der Waals surface area contributed by atoms with Gasteiger partial charge in [-0.05, 0) is 36.4 Å². The van der Waals surface area contributed by atoms with E-state index in [-0.39, 0.29) is 17.6 Å². The van der Waals surface area contributed by atoms with Crippen molar-refractivity contribution >= 4 is 23.2 Å². The number of rotatable bonds is 3. The van der Waals surface area contributed by atoms with Gasteiger partial charge in [0, 0.05) is 37.9 Å². The zero-order valence-electron chi connectivity index (χ0n) is 14.2. The lowest BCUT2D eigenvalue weighted by molar-refractivity contribution is -0.121. The molecule has 6 nitrogen and oxygen atoms in total. The number of hydrogen-bond donors (Lipinski definition) is 1. The minimum atomic E-state index is -0.294. The summed E-state index contributed by atoms with van der Waals surface area (Å²) in [5, 5.41) is 9.41. The average molecular weight is 349 g/mol. The maximum atomic E-state index is 12.8. The summed E-state index contributed by atoms with van der Waals surface area (Å²) in [4.78, 5) is 30.5. The molecule has 1 fully saturated rings. The second-order valence-corrected chi connectivity index (χ2v) is 6.33. The number of hydrogen-bond acceptors (Lipinski definition) is 5. The largest absolute Gasteiger partial charge is 0.508 e. The van der Waals surface area contributed by atoms with Gasteiger partial charge in [-0.2, -0.15) is 0 Å². The lowest BCUT2D eigenvalue weighted by Gasteiger charge is -2.37. The number of aromatic hydroxyl groups is 1. The summed E-state index contributed by atoms with van der Waals surface area (Å²) >= 11 is 0. The van der Waals surface area contributed by atoms with Gasteiger partial charge < -0.3 is 14.9 Å². The number of benzene rings is 2. The van der Waals surface area contributed by atoms with Crippen LogP contribution in [0, 0.1) is 0 Å².